The number of Topliss-reactive ketones (excluding diaryl/α,β-unsaturated/α-hetero) is 1. The van der Waals surface area contributed by atoms with Crippen LogP contribution in [0.2, 0.25) is 5.02 Å². The minimum atomic E-state index is -1.41. The highest BCUT2D eigenvalue weighted by molar-refractivity contribution is 6.31. The predicted molar refractivity (Wildman–Crippen MR) is 121 cm³/mol. The Morgan fingerprint density at radius 1 is 1.00 bits per heavy atom. The number of benzene rings is 2. The van der Waals surface area contributed by atoms with E-state index in [0.717, 1.165) is 0 Å². The average Bonchev–Trinajstić information content (AvgIpc) is 2.76. The Kier molecular flexibility index (Phi) is 9.27. The van der Waals surface area contributed by atoms with Gasteiger partial charge in [0.25, 0.3) is 5.91 Å². The molecule has 0 aliphatic rings. The molecular weight excluding hydrogens is 438 g/mol. The molecule has 0 bridgehead atoms. The lowest BCUT2D eigenvalue weighted by Gasteiger charge is -2.16. The molecule has 1 atom stereocenters. The first-order chi connectivity index (χ1) is 15.3. The van der Waals surface area contributed by atoms with Crippen molar-refractivity contribution in [3.63, 3.8) is 0 Å². The van der Waals surface area contributed by atoms with E-state index in [1.807, 2.05) is 13.8 Å². The number of methoxy groups -OCH3 is 2. The van der Waals surface area contributed by atoms with Gasteiger partial charge >= 0.3 is 0 Å². The van der Waals surface area contributed by atoms with E-state index in [1.54, 1.807) is 18.2 Å². The van der Waals surface area contributed by atoms with Crippen LogP contribution in [0.25, 0.3) is 0 Å². The van der Waals surface area contributed by atoms with Crippen molar-refractivity contribution >= 4 is 34.7 Å². The number of ether oxygens (including phenoxy) is 4. The molecule has 2 rings (SSSR count). The van der Waals surface area contributed by atoms with Crippen molar-refractivity contribution in [2.45, 2.75) is 26.8 Å². The van der Waals surface area contributed by atoms with Crippen molar-refractivity contribution in [2.75, 3.05) is 32.8 Å². The second kappa shape index (κ2) is 11.9. The van der Waals surface area contributed by atoms with Crippen molar-refractivity contribution in [3.05, 3.63) is 35.4 Å². The summed E-state index contributed by atoms with van der Waals surface area (Å²) in [5.74, 6) is 0.332. The molecule has 0 aliphatic carbocycles. The lowest BCUT2D eigenvalue weighted by molar-refractivity contribution is -0.126. The van der Waals surface area contributed by atoms with Crippen LogP contribution >= 0.6 is 11.6 Å². The van der Waals surface area contributed by atoms with Crippen LogP contribution < -0.4 is 24.3 Å². The zero-order valence-corrected chi connectivity index (χ0v) is 19.4. The molecule has 0 heterocycles. The van der Waals surface area contributed by atoms with E-state index >= 15 is 0 Å². The Morgan fingerprint density at radius 2 is 1.62 bits per heavy atom. The molecule has 172 valence electrons. The highest BCUT2D eigenvalue weighted by atomic mass is 35.5. The number of hydrogen-bond acceptors (Lipinski definition) is 8. The molecule has 10 heteroatoms. The lowest BCUT2D eigenvalue weighted by Crippen LogP contribution is -2.32. The Hall–Kier alpha value is -3.33. The summed E-state index contributed by atoms with van der Waals surface area (Å²) in [6.45, 7) is 5.81. The van der Waals surface area contributed by atoms with Crippen LogP contribution in [0.1, 0.15) is 20.8 Å². The number of amides is 1. The Balaban J connectivity index is 2.36. The summed E-state index contributed by atoms with van der Waals surface area (Å²) in [5.41, 5.74) is 0.553. The summed E-state index contributed by atoms with van der Waals surface area (Å²) in [6.07, 6.45) is 0. The van der Waals surface area contributed by atoms with Gasteiger partial charge in [-0.2, -0.15) is 10.2 Å². The third-order valence-corrected chi connectivity index (χ3v) is 4.39. The van der Waals surface area contributed by atoms with Crippen LogP contribution in [0.5, 0.6) is 23.0 Å². The fourth-order valence-corrected chi connectivity index (χ4v) is 2.94. The van der Waals surface area contributed by atoms with Crippen LogP contribution in [0, 0.1) is 0 Å². The van der Waals surface area contributed by atoms with Crippen LogP contribution in [0.15, 0.2) is 40.6 Å². The Bertz CT molecular complexity index is 971. The number of nitrogens with zero attached hydrogens (tertiary/aromatic N) is 2. The topological polar surface area (TPSA) is 108 Å². The molecule has 2 aromatic carbocycles. The van der Waals surface area contributed by atoms with Gasteiger partial charge in [0.15, 0.2) is 5.78 Å². The maximum atomic E-state index is 12.9. The van der Waals surface area contributed by atoms with Crippen LogP contribution in [0.4, 0.5) is 11.4 Å². The molecule has 0 aliphatic heterocycles. The van der Waals surface area contributed by atoms with E-state index < -0.39 is 17.7 Å². The molecule has 0 saturated heterocycles. The number of carbonyl (C=O) groups excluding carboxylic acids is 2. The second-order valence-corrected chi connectivity index (χ2v) is 6.84. The summed E-state index contributed by atoms with van der Waals surface area (Å²) in [6, 6.07) is 6.66. The first-order valence-electron chi connectivity index (χ1n) is 9.87. The molecule has 1 amide bonds. The summed E-state index contributed by atoms with van der Waals surface area (Å²) in [5, 5.41) is 11.1. The van der Waals surface area contributed by atoms with Gasteiger partial charge in [0.05, 0.1) is 27.4 Å². The summed E-state index contributed by atoms with van der Waals surface area (Å²) < 4.78 is 21.6. The van der Waals surface area contributed by atoms with Crippen molar-refractivity contribution < 1.29 is 28.5 Å². The van der Waals surface area contributed by atoms with Gasteiger partial charge < -0.3 is 24.3 Å². The van der Waals surface area contributed by atoms with E-state index in [9.17, 15) is 9.59 Å². The van der Waals surface area contributed by atoms with Gasteiger partial charge in [-0.15, -0.1) is 0 Å². The van der Waals surface area contributed by atoms with Gasteiger partial charge in [0.2, 0.25) is 6.04 Å². The quantitative estimate of drug-likeness (QED) is 0.377. The fourth-order valence-electron chi connectivity index (χ4n) is 2.74. The van der Waals surface area contributed by atoms with Crippen LogP contribution in [0.3, 0.4) is 0 Å². The van der Waals surface area contributed by atoms with Crippen LogP contribution in [-0.2, 0) is 9.59 Å². The minimum absolute atomic E-state index is 0.221. The molecule has 0 saturated carbocycles. The molecule has 9 nitrogen and oxygen atoms in total. The van der Waals surface area contributed by atoms with E-state index in [2.05, 4.69) is 15.5 Å². The highest BCUT2D eigenvalue weighted by Gasteiger charge is 2.26. The first kappa shape index (κ1) is 24.9. The molecule has 0 aromatic heterocycles. The molecule has 32 heavy (non-hydrogen) atoms. The minimum Gasteiger partial charge on any atom is -0.494 e. The molecule has 1 unspecified atom stereocenters. The number of anilines is 1. The van der Waals surface area contributed by atoms with E-state index in [0.29, 0.717) is 35.4 Å². The molecule has 2 aromatic rings. The molecular formula is C22H26ClN3O6. The summed E-state index contributed by atoms with van der Waals surface area (Å²) in [4.78, 5) is 25.1. The van der Waals surface area contributed by atoms with Gasteiger partial charge in [-0.25, -0.2) is 0 Å². The Labute approximate surface area is 191 Å². The van der Waals surface area contributed by atoms with Crippen LogP contribution in [-0.4, -0.2) is 45.2 Å². The van der Waals surface area contributed by atoms with Crippen molar-refractivity contribution in [1.29, 1.82) is 0 Å². The Morgan fingerprint density at radius 3 is 2.16 bits per heavy atom. The fraction of sp³-hybridized carbons (Fsp3) is 0.364. The third kappa shape index (κ3) is 6.34. The second-order valence-electron chi connectivity index (χ2n) is 6.40. The summed E-state index contributed by atoms with van der Waals surface area (Å²) >= 11 is 6.04. The average molecular weight is 464 g/mol. The maximum absolute atomic E-state index is 12.9. The zero-order valence-electron chi connectivity index (χ0n) is 18.6. The van der Waals surface area contributed by atoms with E-state index in [4.69, 9.17) is 30.5 Å². The largest absolute Gasteiger partial charge is 0.494 e. The SMILES string of the molecule is CCOc1ccc(OCC)c(N=NC(C(C)=O)C(=O)Nc2c(OC)cc(Cl)cc2OC)c1. The molecule has 0 fully saturated rings. The van der Waals surface area contributed by atoms with Gasteiger partial charge in [0.1, 0.15) is 34.4 Å². The number of ketones is 1. The van der Waals surface area contributed by atoms with Crippen molar-refractivity contribution in [3.8, 4) is 23.0 Å². The van der Waals surface area contributed by atoms with Gasteiger partial charge in [-0.1, -0.05) is 11.6 Å². The first-order valence-corrected chi connectivity index (χ1v) is 10.3. The van der Waals surface area contributed by atoms with Gasteiger partial charge in [-0.05, 0) is 32.9 Å². The van der Waals surface area contributed by atoms with Gasteiger partial charge in [0, 0.05) is 23.2 Å². The molecule has 0 spiro atoms. The molecule has 0 radical (unpaired) electrons. The predicted octanol–water partition coefficient (Wildman–Crippen LogP) is 4.83. The number of carbonyl (C=O) groups is 2. The smallest absolute Gasteiger partial charge is 0.259 e. The van der Waals surface area contributed by atoms with E-state index in [-0.39, 0.29) is 17.2 Å². The van der Waals surface area contributed by atoms with Crippen molar-refractivity contribution in [1.82, 2.24) is 0 Å². The third-order valence-electron chi connectivity index (χ3n) is 4.17. The molecule has 1 N–H and O–H groups in total. The summed E-state index contributed by atoms with van der Waals surface area (Å²) in [7, 11) is 2.84. The monoisotopic (exact) mass is 463 g/mol. The number of azo groups is 1. The number of hydrogen-bond donors (Lipinski definition) is 1. The lowest BCUT2D eigenvalue weighted by atomic mass is 10.2. The van der Waals surface area contributed by atoms with Crippen molar-refractivity contribution in [2.24, 2.45) is 10.2 Å². The number of nitrogens with one attached hydrogen (secondary N) is 1. The zero-order chi connectivity index (χ0) is 23.7. The number of rotatable bonds is 11. The standard InChI is InChI=1S/C22H26ClN3O6/c1-6-31-15-8-9-17(32-7-2)16(12-15)25-26-20(13(3)27)22(28)24-21-18(29-4)10-14(23)11-19(21)30-5/h8-12,20H,6-7H2,1-5H3,(H,24,28). The maximum Gasteiger partial charge on any atom is 0.259 e. The number of halogens is 1. The highest BCUT2D eigenvalue weighted by Crippen LogP contribution is 2.38. The van der Waals surface area contributed by atoms with Gasteiger partial charge in [-0.3, -0.25) is 9.59 Å². The normalized spacial score (nSPS) is 11.7. The van der Waals surface area contributed by atoms with E-state index in [1.165, 1.54) is 33.3 Å².